The molecule has 1 aliphatic heterocycles. The molecule has 4 nitrogen and oxygen atoms in total. The van der Waals surface area contributed by atoms with Crippen molar-refractivity contribution < 1.29 is 19.4 Å². The molecule has 1 aliphatic carbocycles. The average molecular weight is 298 g/mol. The van der Waals surface area contributed by atoms with Crippen LogP contribution in [0, 0.1) is 0 Å². The highest BCUT2D eigenvalue weighted by atomic mass is 16.6. The normalized spacial score (nSPS) is 29.6. The van der Waals surface area contributed by atoms with E-state index in [1.54, 1.807) is 42.5 Å². The lowest BCUT2D eigenvalue weighted by Crippen LogP contribution is -2.31. The Labute approximate surface area is 129 Å². The van der Waals surface area contributed by atoms with Gasteiger partial charge in [-0.1, -0.05) is 24.8 Å². The number of rotatable bonds is 4. The molecule has 0 aromatic heterocycles. The fraction of sp³-hybridized carbons (Fsp3) is 0.278. The molecule has 1 N–H and O–H groups in total. The zero-order valence-electron chi connectivity index (χ0n) is 12.2. The van der Waals surface area contributed by atoms with Gasteiger partial charge in [-0.05, 0) is 42.0 Å². The number of carbonyl (C=O) groups excluding carboxylic acids is 1. The van der Waals surface area contributed by atoms with Crippen LogP contribution >= 0.6 is 0 Å². The van der Waals surface area contributed by atoms with E-state index in [0.717, 1.165) is 11.3 Å². The predicted molar refractivity (Wildman–Crippen MR) is 82.4 cm³/mol. The number of hydrogen-bond donors (Lipinski definition) is 1. The van der Waals surface area contributed by atoms with Gasteiger partial charge in [0.2, 0.25) is 0 Å². The highest BCUT2D eigenvalue weighted by Crippen LogP contribution is 2.38. The summed E-state index contributed by atoms with van der Waals surface area (Å²) < 4.78 is 10.8. The van der Waals surface area contributed by atoms with Gasteiger partial charge in [0.05, 0.1) is 0 Å². The highest BCUT2D eigenvalue weighted by Gasteiger charge is 2.40. The summed E-state index contributed by atoms with van der Waals surface area (Å²) in [6.45, 7) is 4.04. The first-order valence-electron chi connectivity index (χ1n) is 7.25. The first-order chi connectivity index (χ1) is 10.6. The largest absolute Gasteiger partial charge is 0.490 e. The molecule has 1 heterocycles. The van der Waals surface area contributed by atoms with Gasteiger partial charge in [0.15, 0.2) is 0 Å². The molecule has 0 saturated carbocycles. The minimum atomic E-state index is -1.20. The molecule has 4 heteroatoms. The van der Waals surface area contributed by atoms with Gasteiger partial charge in [0, 0.05) is 12.8 Å². The van der Waals surface area contributed by atoms with Gasteiger partial charge >= 0.3 is 5.97 Å². The van der Waals surface area contributed by atoms with Crippen molar-refractivity contribution in [2.75, 3.05) is 6.61 Å². The molecular weight excluding hydrogens is 280 g/mol. The fourth-order valence-corrected chi connectivity index (χ4v) is 2.66. The van der Waals surface area contributed by atoms with Gasteiger partial charge in [-0.15, -0.1) is 0 Å². The molecule has 1 aromatic carbocycles. The van der Waals surface area contributed by atoms with E-state index in [1.165, 1.54) is 0 Å². The lowest BCUT2D eigenvalue weighted by Gasteiger charge is -2.30. The molecule has 1 aromatic rings. The van der Waals surface area contributed by atoms with E-state index in [-0.39, 0.29) is 5.97 Å². The first-order valence-corrected chi connectivity index (χ1v) is 7.25. The van der Waals surface area contributed by atoms with Crippen LogP contribution in [0.25, 0.3) is 0 Å². The van der Waals surface area contributed by atoms with E-state index in [9.17, 15) is 9.90 Å². The second kappa shape index (κ2) is 5.46. The maximum atomic E-state index is 11.3. The summed E-state index contributed by atoms with van der Waals surface area (Å²) in [6.07, 6.45) is 9.57. The zero-order valence-corrected chi connectivity index (χ0v) is 12.2. The zero-order chi connectivity index (χ0) is 15.6. The third-order valence-electron chi connectivity index (χ3n) is 3.95. The van der Waals surface area contributed by atoms with Crippen molar-refractivity contribution in [1.29, 1.82) is 0 Å². The summed E-state index contributed by atoms with van der Waals surface area (Å²) in [4.78, 5) is 11.3. The SMILES string of the molecule is C=CCOc1ccc(C2(O)C=CC3(C=C2)CCC(=O)O3)cc1. The number of aliphatic hydroxyl groups is 1. The lowest BCUT2D eigenvalue weighted by atomic mass is 9.83. The Bertz CT molecular complexity index is 626. The molecule has 0 atom stereocenters. The van der Waals surface area contributed by atoms with Gasteiger partial charge in [-0.3, -0.25) is 4.79 Å². The van der Waals surface area contributed by atoms with E-state index in [2.05, 4.69) is 6.58 Å². The van der Waals surface area contributed by atoms with Crippen LogP contribution in [0.3, 0.4) is 0 Å². The van der Waals surface area contributed by atoms with Crippen LogP contribution in [0.4, 0.5) is 0 Å². The van der Waals surface area contributed by atoms with Crippen LogP contribution < -0.4 is 4.74 Å². The van der Waals surface area contributed by atoms with Crippen LogP contribution in [0.5, 0.6) is 5.75 Å². The second-order valence-electron chi connectivity index (χ2n) is 5.55. The van der Waals surface area contributed by atoms with Gasteiger partial charge in [0.1, 0.15) is 23.6 Å². The van der Waals surface area contributed by atoms with Gasteiger partial charge < -0.3 is 14.6 Å². The molecule has 0 amide bonds. The Morgan fingerprint density at radius 3 is 2.45 bits per heavy atom. The Hall–Kier alpha value is -2.33. The van der Waals surface area contributed by atoms with Gasteiger partial charge in [0.25, 0.3) is 0 Å². The Morgan fingerprint density at radius 1 is 1.23 bits per heavy atom. The van der Waals surface area contributed by atoms with Crippen molar-refractivity contribution in [3.63, 3.8) is 0 Å². The predicted octanol–water partition coefficient (Wildman–Crippen LogP) is 2.64. The number of benzene rings is 1. The van der Waals surface area contributed by atoms with Crippen molar-refractivity contribution >= 4 is 5.97 Å². The summed E-state index contributed by atoms with van der Waals surface area (Å²) in [5, 5.41) is 10.7. The molecule has 2 aliphatic rings. The molecule has 0 bridgehead atoms. The van der Waals surface area contributed by atoms with Crippen molar-refractivity contribution in [2.24, 2.45) is 0 Å². The summed E-state index contributed by atoms with van der Waals surface area (Å²) >= 11 is 0. The molecule has 114 valence electrons. The maximum absolute atomic E-state index is 11.3. The Morgan fingerprint density at radius 2 is 1.91 bits per heavy atom. The molecule has 1 fully saturated rings. The van der Waals surface area contributed by atoms with Crippen LogP contribution in [0.2, 0.25) is 0 Å². The van der Waals surface area contributed by atoms with E-state index in [0.29, 0.717) is 19.4 Å². The van der Waals surface area contributed by atoms with Gasteiger partial charge in [-0.2, -0.15) is 0 Å². The molecule has 3 rings (SSSR count). The Balaban J connectivity index is 1.77. The van der Waals surface area contributed by atoms with E-state index in [1.807, 2.05) is 12.1 Å². The monoisotopic (exact) mass is 298 g/mol. The van der Waals surface area contributed by atoms with E-state index in [4.69, 9.17) is 9.47 Å². The van der Waals surface area contributed by atoms with Crippen molar-refractivity contribution in [2.45, 2.75) is 24.0 Å². The average Bonchev–Trinajstić information content (AvgIpc) is 2.90. The quantitative estimate of drug-likeness (QED) is 0.686. The minimum absolute atomic E-state index is 0.205. The fourth-order valence-electron chi connectivity index (χ4n) is 2.66. The second-order valence-corrected chi connectivity index (χ2v) is 5.55. The number of ether oxygens (including phenoxy) is 2. The number of esters is 1. The molecule has 0 unspecified atom stereocenters. The van der Waals surface area contributed by atoms with Crippen LogP contribution in [0.15, 0.2) is 61.2 Å². The Kier molecular flexibility index (Phi) is 3.62. The van der Waals surface area contributed by atoms with Crippen LogP contribution in [-0.4, -0.2) is 23.3 Å². The highest BCUT2D eigenvalue weighted by molar-refractivity contribution is 5.73. The van der Waals surface area contributed by atoms with Crippen LogP contribution in [-0.2, 0) is 15.1 Å². The summed E-state index contributed by atoms with van der Waals surface area (Å²) in [6, 6.07) is 7.23. The van der Waals surface area contributed by atoms with Crippen molar-refractivity contribution in [3.05, 3.63) is 66.8 Å². The molecule has 22 heavy (non-hydrogen) atoms. The van der Waals surface area contributed by atoms with Crippen LogP contribution in [0.1, 0.15) is 18.4 Å². The molecule has 1 spiro atoms. The third-order valence-corrected chi connectivity index (χ3v) is 3.95. The molecular formula is C18H18O4. The summed E-state index contributed by atoms with van der Waals surface area (Å²) in [5.41, 5.74) is -1.15. The van der Waals surface area contributed by atoms with Crippen molar-refractivity contribution in [1.82, 2.24) is 0 Å². The van der Waals surface area contributed by atoms with E-state index >= 15 is 0 Å². The first kappa shape index (κ1) is 14.6. The van der Waals surface area contributed by atoms with Crippen molar-refractivity contribution in [3.8, 4) is 5.75 Å². The summed E-state index contributed by atoms with van der Waals surface area (Å²) in [5.74, 6) is 0.515. The molecule has 1 saturated heterocycles. The third kappa shape index (κ3) is 2.70. The van der Waals surface area contributed by atoms with Gasteiger partial charge in [-0.25, -0.2) is 0 Å². The van der Waals surface area contributed by atoms with E-state index < -0.39 is 11.2 Å². The summed E-state index contributed by atoms with van der Waals surface area (Å²) in [7, 11) is 0. The molecule has 0 radical (unpaired) electrons. The maximum Gasteiger partial charge on any atom is 0.307 e. The number of hydrogen-bond acceptors (Lipinski definition) is 4. The standard InChI is InChI=1S/C18H18O4/c1-2-13-21-15-5-3-14(4-6-15)18(20)11-9-17(10-12-18)8-7-16(19)22-17/h2-6,9-12,20H,1,7-8,13H2. The smallest absolute Gasteiger partial charge is 0.307 e. The lowest BCUT2D eigenvalue weighted by molar-refractivity contribution is -0.143. The topological polar surface area (TPSA) is 55.8 Å². The minimum Gasteiger partial charge on any atom is -0.490 e. The number of carbonyl (C=O) groups is 1.